The minimum atomic E-state index is -0.234. The highest BCUT2D eigenvalue weighted by Crippen LogP contribution is 2.35. The van der Waals surface area contributed by atoms with Crippen molar-refractivity contribution in [2.75, 3.05) is 31.4 Å². The zero-order chi connectivity index (χ0) is 20.4. The fraction of sp³-hybridized carbons (Fsp3) is 0.136. The number of hydrogen-bond donors (Lipinski definition) is 1. The van der Waals surface area contributed by atoms with Gasteiger partial charge in [-0.2, -0.15) is 0 Å². The number of ether oxygens (including phenoxy) is 1. The van der Waals surface area contributed by atoms with Crippen molar-refractivity contribution in [1.29, 1.82) is 0 Å². The number of aromatic nitrogens is 2. The summed E-state index contributed by atoms with van der Waals surface area (Å²) >= 11 is 1.39. The Kier molecular flexibility index (Phi) is 5.14. The van der Waals surface area contributed by atoms with E-state index in [2.05, 4.69) is 15.3 Å². The third-order valence-electron chi connectivity index (χ3n) is 4.56. The highest BCUT2D eigenvalue weighted by atomic mass is 32.1. The van der Waals surface area contributed by atoms with Gasteiger partial charge in [0.2, 0.25) is 0 Å². The van der Waals surface area contributed by atoms with Crippen LogP contribution in [-0.2, 0) is 0 Å². The van der Waals surface area contributed by atoms with Crippen LogP contribution in [0.15, 0.2) is 60.1 Å². The smallest absolute Gasteiger partial charge is 0.261 e. The van der Waals surface area contributed by atoms with Gasteiger partial charge in [0.25, 0.3) is 5.91 Å². The van der Waals surface area contributed by atoms with E-state index in [-0.39, 0.29) is 5.91 Å². The van der Waals surface area contributed by atoms with Crippen LogP contribution < -0.4 is 15.0 Å². The van der Waals surface area contributed by atoms with Crippen LogP contribution in [0.1, 0.15) is 10.4 Å². The van der Waals surface area contributed by atoms with E-state index in [0.29, 0.717) is 16.5 Å². The Morgan fingerprint density at radius 1 is 1.07 bits per heavy atom. The van der Waals surface area contributed by atoms with Crippen LogP contribution in [0.5, 0.6) is 5.75 Å². The van der Waals surface area contributed by atoms with E-state index in [1.54, 1.807) is 25.4 Å². The molecule has 4 aromatic rings. The number of fused-ring (bicyclic) bond motifs is 1. The summed E-state index contributed by atoms with van der Waals surface area (Å²) in [6, 6.07) is 15.5. The number of benzene rings is 2. The van der Waals surface area contributed by atoms with E-state index in [0.717, 1.165) is 27.8 Å². The fourth-order valence-electron chi connectivity index (χ4n) is 3.22. The molecule has 146 valence electrons. The molecule has 0 spiro atoms. The first-order chi connectivity index (χ1) is 14.1. The highest BCUT2D eigenvalue weighted by molar-refractivity contribution is 7.14. The Morgan fingerprint density at radius 3 is 2.62 bits per heavy atom. The lowest BCUT2D eigenvalue weighted by molar-refractivity contribution is 0.102. The maximum atomic E-state index is 12.8. The van der Waals surface area contributed by atoms with Gasteiger partial charge < -0.3 is 9.64 Å². The second-order valence-corrected chi connectivity index (χ2v) is 7.48. The molecule has 4 rings (SSSR count). The average molecular weight is 404 g/mol. The molecule has 2 aromatic carbocycles. The summed E-state index contributed by atoms with van der Waals surface area (Å²) in [5.74, 6) is 1.20. The number of methoxy groups -OCH3 is 1. The number of nitrogens with one attached hydrogen (secondary N) is 1. The maximum absolute atomic E-state index is 12.8. The van der Waals surface area contributed by atoms with E-state index < -0.39 is 0 Å². The van der Waals surface area contributed by atoms with Gasteiger partial charge in [0.1, 0.15) is 11.6 Å². The molecule has 1 N–H and O–H groups in total. The predicted octanol–water partition coefficient (Wildman–Crippen LogP) is 4.69. The van der Waals surface area contributed by atoms with E-state index in [1.165, 1.54) is 11.3 Å². The summed E-state index contributed by atoms with van der Waals surface area (Å²) in [5, 5.41) is 7.45. The van der Waals surface area contributed by atoms with E-state index in [4.69, 9.17) is 4.74 Å². The summed E-state index contributed by atoms with van der Waals surface area (Å²) in [6.07, 6.45) is 1.67. The topological polar surface area (TPSA) is 67.3 Å². The first-order valence-electron chi connectivity index (χ1n) is 9.04. The molecule has 0 fully saturated rings. The molecule has 29 heavy (non-hydrogen) atoms. The fourth-order valence-corrected chi connectivity index (χ4v) is 3.93. The molecule has 0 saturated carbocycles. The molecule has 7 heteroatoms. The predicted molar refractivity (Wildman–Crippen MR) is 118 cm³/mol. The highest BCUT2D eigenvalue weighted by Gasteiger charge is 2.16. The lowest BCUT2D eigenvalue weighted by Crippen LogP contribution is -2.19. The first kappa shape index (κ1) is 18.9. The number of nitrogens with zero attached hydrogens (tertiary/aromatic N) is 3. The van der Waals surface area contributed by atoms with Crippen molar-refractivity contribution in [2.45, 2.75) is 0 Å². The number of pyridine rings is 1. The Bertz CT molecular complexity index is 1190. The second-order valence-electron chi connectivity index (χ2n) is 6.62. The molecule has 6 nitrogen and oxygen atoms in total. The molecule has 2 heterocycles. The minimum Gasteiger partial charge on any atom is -0.496 e. The van der Waals surface area contributed by atoms with Crippen molar-refractivity contribution in [3.63, 3.8) is 0 Å². The van der Waals surface area contributed by atoms with Crippen molar-refractivity contribution in [3.8, 4) is 17.0 Å². The summed E-state index contributed by atoms with van der Waals surface area (Å²) in [7, 11) is 5.38. The molecule has 0 bridgehead atoms. The molecule has 1 amide bonds. The third-order valence-corrected chi connectivity index (χ3v) is 5.32. The summed E-state index contributed by atoms with van der Waals surface area (Å²) in [4.78, 5) is 23.5. The molecular formula is C22H20N4O2S. The van der Waals surface area contributed by atoms with Gasteiger partial charge >= 0.3 is 0 Å². The molecule has 0 saturated heterocycles. The molecular weight excluding hydrogens is 384 g/mol. The van der Waals surface area contributed by atoms with Gasteiger partial charge in [0.15, 0.2) is 5.13 Å². The largest absolute Gasteiger partial charge is 0.496 e. The van der Waals surface area contributed by atoms with Gasteiger partial charge in [-0.15, -0.1) is 11.3 Å². The van der Waals surface area contributed by atoms with Gasteiger partial charge in [0, 0.05) is 36.6 Å². The number of hydrogen-bond acceptors (Lipinski definition) is 6. The number of rotatable bonds is 5. The number of carbonyl (C=O) groups excluding carboxylic acids is 1. The van der Waals surface area contributed by atoms with E-state index in [1.807, 2.05) is 60.8 Å². The van der Waals surface area contributed by atoms with Crippen molar-refractivity contribution in [2.24, 2.45) is 0 Å². The molecule has 2 aromatic heterocycles. The van der Waals surface area contributed by atoms with Crippen molar-refractivity contribution in [3.05, 3.63) is 65.7 Å². The SMILES string of the molecule is COc1ccc(-c2csc(NC(=O)c3cccnc3N(C)C)n2)c2ccccc12. The Hall–Kier alpha value is -3.45. The monoisotopic (exact) mass is 404 g/mol. The van der Waals surface area contributed by atoms with Gasteiger partial charge in [-0.3, -0.25) is 10.1 Å². The van der Waals surface area contributed by atoms with Crippen LogP contribution in [0.3, 0.4) is 0 Å². The minimum absolute atomic E-state index is 0.234. The molecule has 0 unspecified atom stereocenters. The maximum Gasteiger partial charge on any atom is 0.261 e. The first-order valence-corrected chi connectivity index (χ1v) is 9.92. The van der Waals surface area contributed by atoms with E-state index in [9.17, 15) is 4.79 Å². The number of anilines is 2. The molecule has 0 radical (unpaired) electrons. The van der Waals surface area contributed by atoms with Crippen molar-refractivity contribution >= 4 is 39.0 Å². The van der Waals surface area contributed by atoms with Crippen LogP contribution in [0.25, 0.3) is 22.0 Å². The quantitative estimate of drug-likeness (QED) is 0.523. The van der Waals surface area contributed by atoms with Crippen LogP contribution >= 0.6 is 11.3 Å². The molecule has 0 aliphatic rings. The molecule has 0 aliphatic heterocycles. The second kappa shape index (κ2) is 7.89. The average Bonchev–Trinajstić information content (AvgIpc) is 3.21. The summed E-state index contributed by atoms with van der Waals surface area (Å²) in [6.45, 7) is 0. The lowest BCUT2D eigenvalue weighted by atomic mass is 10.0. The Morgan fingerprint density at radius 2 is 1.86 bits per heavy atom. The zero-order valence-corrected chi connectivity index (χ0v) is 17.2. The summed E-state index contributed by atoms with van der Waals surface area (Å²) in [5.41, 5.74) is 2.31. The van der Waals surface area contributed by atoms with Gasteiger partial charge in [-0.1, -0.05) is 24.3 Å². The normalized spacial score (nSPS) is 10.7. The molecule has 0 atom stereocenters. The Balaban J connectivity index is 1.65. The van der Waals surface area contributed by atoms with Gasteiger partial charge in [-0.05, 0) is 29.7 Å². The lowest BCUT2D eigenvalue weighted by Gasteiger charge is -2.14. The van der Waals surface area contributed by atoms with Crippen LogP contribution in [0.4, 0.5) is 10.9 Å². The Labute approximate surface area is 172 Å². The van der Waals surface area contributed by atoms with Crippen LogP contribution in [0, 0.1) is 0 Å². The number of thiazole rings is 1. The van der Waals surface area contributed by atoms with Crippen LogP contribution in [0.2, 0.25) is 0 Å². The standard InChI is InChI=1S/C22H20N4O2S/c1-26(2)20-17(9-6-12-23-20)21(27)25-22-24-18(13-29-22)15-10-11-19(28-3)16-8-5-4-7-14(15)16/h4-13H,1-3H3,(H,24,25,27). The van der Waals surface area contributed by atoms with Crippen molar-refractivity contribution in [1.82, 2.24) is 9.97 Å². The van der Waals surface area contributed by atoms with Gasteiger partial charge in [-0.25, -0.2) is 9.97 Å². The van der Waals surface area contributed by atoms with E-state index >= 15 is 0 Å². The molecule has 0 aliphatic carbocycles. The number of carbonyl (C=O) groups is 1. The third kappa shape index (κ3) is 3.64. The number of amides is 1. The van der Waals surface area contributed by atoms with Gasteiger partial charge in [0.05, 0.1) is 18.4 Å². The zero-order valence-electron chi connectivity index (χ0n) is 16.3. The van der Waals surface area contributed by atoms with Crippen LogP contribution in [-0.4, -0.2) is 37.1 Å². The summed E-state index contributed by atoms with van der Waals surface area (Å²) < 4.78 is 5.47. The van der Waals surface area contributed by atoms with Crippen molar-refractivity contribution < 1.29 is 9.53 Å².